The van der Waals surface area contributed by atoms with Gasteiger partial charge in [0.05, 0.1) is 5.92 Å². The number of rotatable bonds is 5. The van der Waals surface area contributed by atoms with Crippen LogP contribution in [0.1, 0.15) is 34.8 Å². The Bertz CT molecular complexity index is 795. The molecule has 1 atom stereocenters. The quantitative estimate of drug-likeness (QED) is 0.824. The molecule has 0 aliphatic carbocycles. The molecule has 3 amide bonds. The normalized spacial score (nSPS) is 16.6. The van der Waals surface area contributed by atoms with Crippen molar-refractivity contribution >= 4 is 23.4 Å². The fraction of sp³-hybridized carbons (Fsp3) is 0.250. The summed E-state index contributed by atoms with van der Waals surface area (Å²) in [5.41, 5.74) is 3.46. The maximum atomic E-state index is 12.3. The van der Waals surface area contributed by atoms with Crippen molar-refractivity contribution in [1.29, 1.82) is 0 Å². The molecule has 5 heteroatoms. The van der Waals surface area contributed by atoms with Gasteiger partial charge in [0, 0.05) is 17.7 Å². The monoisotopic (exact) mass is 336 g/mol. The van der Waals surface area contributed by atoms with Gasteiger partial charge in [0.15, 0.2) is 0 Å². The molecule has 0 spiro atoms. The maximum absolute atomic E-state index is 12.3. The second-order valence-electron chi connectivity index (χ2n) is 6.22. The smallest absolute Gasteiger partial charge is 0.255 e. The fourth-order valence-corrected chi connectivity index (χ4v) is 2.88. The number of carbonyl (C=O) groups is 3. The summed E-state index contributed by atoms with van der Waals surface area (Å²) < 4.78 is 0. The van der Waals surface area contributed by atoms with E-state index >= 15 is 0 Å². The molecule has 1 aliphatic heterocycles. The van der Waals surface area contributed by atoms with Crippen LogP contribution in [0.5, 0.6) is 0 Å². The molecule has 3 rings (SSSR count). The van der Waals surface area contributed by atoms with Gasteiger partial charge in [-0.15, -0.1) is 0 Å². The van der Waals surface area contributed by atoms with Crippen LogP contribution in [-0.2, 0) is 22.4 Å². The number of imide groups is 1. The molecular weight excluding hydrogens is 316 g/mol. The highest BCUT2D eigenvalue weighted by atomic mass is 16.2. The second-order valence-corrected chi connectivity index (χ2v) is 6.22. The molecule has 128 valence electrons. The van der Waals surface area contributed by atoms with E-state index in [4.69, 9.17) is 0 Å². The van der Waals surface area contributed by atoms with Crippen molar-refractivity contribution < 1.29 is 14.4 Å². The van der Waals surface area contributed by atoms with Crippen LogP contribution >= 0.6 is 0 Å². The Morgan fingerprint density at radius 2 is 1.68 bits per heavy atom. The third-order valence-electron chi connectivity index (χ3n) is 4.38. The first-order valence-electron chi connectivity index (χ1n) is 8.38. The zero-order valence-electron chi connectivity index (χ0n) is 14.0. The summed E-state index contributed by atoms with van der Waals surface area (Å²) in [7, 11) is 0. The highest BCUT2D eigenvalue weighted by Crippen LogP contribution is 2.19. The van der Waals surface area contributed by atoms with Crippen LogP contribution in [0.3, 0.4) is 0 Å². The number of benzene rings is 2. The first-order valence-corrected chi connectivity index (χ1v) is 8.38. The number of amides is 3. The van der Waals surface area contributed by atoms with E-state index in [1.54, 1.807) is 0 Å². The lowest BCUT2D eigenvalue weighted by Crippen LogP contribution is -2.22. The van der Waals surface area contributed by atoms with Crippen LogP contribution in [0.2, 0.25) is 0 Å². The number of hydrogen-bond acceptors (Lipinski definition) is 3. The number of aryl methyl sites for hydroxylation is 1. The van der Waals surface area contributed by atoms with Gasteiger partial charge in [-0.3, -0.25) is 19.7 Å². The molecule has 0 bridgehead atoms. The molecule has 0 unspecified atom stereocenters. The summed E-state index contributed by atoms with van der Waals surface area (Å²) in [6.07, 6.45) is 1.70. The lowest BCUT2D eigenvalue weighted by Gasteiger charge is -2.09. The molecule has 25 heavy (non-hydrogen) atoms. The molecule has 1 saturated heterocycles. The number of hydrogen-bond donors (Lipinski definition) is 2. The Labute approximate surface area is 146 Å². The van der Waals surface area contributed by atoms with E-state index in [9.17, 15) is 14.4 Å². The molecule has 5 nitrogen and oxygen atoms in total. The lowest BCUT2D eigenvalue weighted by atomic mass is 9.98. The molecule has 1 heterocycles. The predicted molar refractivity (Wildman–Crippen MR) is 95.2 cm³/mol. The lowest BCUT2D eigenvalue weighted by molar-refractivity contribution is -0.125. The Balaban J connectivity index is 1.61. The van der Waals surface area contributed by atoms with Crippen LogP contribution in [0.25, 0.3) is 0 Å². The van der Waals surface area contributed by atoms with Gasteiger partial charge >= 0.3 is 0 Å². The van der Waals surface area contributed by atoms with Gasteiger partial charge < -0.3 is 5.32 Å². The van der Waals surface area contributed by atoms with E-state index < -0.39 is 0 Å². The SMILES string of the molecule is CCc1ccc(C(=O)Nc2ccc(C[C@@H]3CC(=O)NC3=O)cc2)cc1. The van der Waals surface area contributed by atoms with Crippen LogP contribution < -0.4 is 10.6 Å². The van der Waals surface area contributed by atoms with E-state index in [-0.39, 0.29) is 30.1 Å². The predicted octanol–water partition coefficient (Wildman–Crippen LogP) is 2.71. The minimum atomic E-state index is -0.301. The maximum Gasteiger partial charge on any atom is 0.255 e. The van der Waals surface area contributed by atoms with Crippen molar-refractivity contribution in [2.24, 2.45) is 5.92 Å². The average molecular weight is 336 g/mol. The summed E-state index contributed by atoms with van der Waals surface area (Å²) in [5.74, 6) is -0.882. The van der Waals surface area contributed by atoms with E-state index in [1.165, 1.54) is 5.56 Å². The number of nitrogens with one attached hydrogen (secondary N) is 2. The van der Waals surface area contributed by atoms with E-state index in [0.29, 0.717) is 17.7 Å². The van der Waals surface area contributed by atoms with Crippen LogP contribution in [-0.4, -0.2) is 17.7 Å². The van der Waals surface area contributed by atoms with Gasteiger partial charge in [-0.2, -0.15) is 0 Å². The van der Waals surface area contributed by atoms with Crippen molar-refractivity contribution in [3.8, 4) is 0 Å². The Morgan fingerprint density at radius 3 is 2.24 bits per heavy atom. The zero-order chi connectivity index (χ0) is 17.8. The molecule has 0 radical (unpaired) electrons. The third-order valence-corrected chi connectivity index (χ3v) is 4.38. The summed E-state index contributed by atoms with van der Waals surface area (Å²) in [6.45, 7) is 2.07. The van der Waals surface area contributed by atoms with E-state index in [0.717, 1.165) is 12.0 Å². The summed E-state index contributed by atoms with van der Waals surface area (Å²) >= 11 is 0. The van der Waals surface area contributed by atoms with Crippen molar-refractivity contribution in [3.05, 3.63) is 65.2 Å². The largest absolute Gasteiger partial charge is 0.322 e. The van der Waals surface area contributed by atoms with Crippen LogP contribution in [0.15, 0.2) is 48.5 Å². The van der Waals surface area contributed by atoms with Crippen LogP contribution in [0, 0.1) is 5.92 Å². The molecule has 2 aromatic rings. The molecule has 0 aromatic heterocycles. The zero-order valence-corrected chi connectivity index (χ0v) is 14.0. The highest BCUT2D eigenvalue weighted by molar-refractivity contribution is 6.04. The minimum absolute atomic E-state index is 0.156. The summed E-state index contributed by atoms with van der Waals surface area (Å²) in [4.78, 5) is 35.1. The average Bonchev–Trinajstić information content (AvgIpc) is 2.94. The van der Waals surface area contributed by atoms with E-state index in [1.807, 2.05) is 48.5 Å². The number of carbonyl (C=O) groups excluding carboxylic acids is 3. The van der Waals surface area contributed by atoms with Gasteiger partial charge in [-0.25, -0.2) is 0 Å². The van der Waals surface area contributed by atoms with Crippen molar-refractivity contribution in [1.82, 2.24) is 5.32 Å². The third kappa shape index (κ3) is 4.12. The van der Waals surface area contributed by atoms with Crippen molar-refractivity contribution in [2.75, 3.05) is 5.32 Å². The topological polar surface area (TPSA) is 75.3 Å². The first-order chi connectivity index (χ1) is 12.0. The van der Waals surface area contributed by atoms with Gasteiger partial charge in [0.25, 0.3) is 5.91 Å². The summed E-state index contributed by atoms with van der Waals surface area (Å²) in [5, 5.41) is 5.18. The fourth-order valence-electron chi connectivity index (χ4n) is 2.88. The molecule has 2 N–H and O–H groups in total. The van der Waals surface area contributed by atoms with Crippen molar-refractivity contribution in [3.63, 3.8) is 0 Å². The molecule has 1 fully saturated rings. The summed E-state index contributed by atoms with van der Waals surface area (Å²) in [6, 6.07) is 14.9. The standard InChI is InChI=1S/C20H20N2O3/c1-2-13-3-7-15(8-4-13)19(24)21-17-9-5-14(6-10-17)11-16-12-18(23)22-20(16)25/h3-10,16H,2,11-12H2,1H3,(H,21,24)(H,22,23,25)/t16-/m1/s1. The molecule has 0 saturated carbocycles. The first kappa shape index (κ1) is 16.9. The van der Waals surface area contributed by atoms with Gasteiger partial charge in [-0.05, 0) is 48.2 Å². The Kier molecular flexibility index (Phi) is 4.93. The van der Waals surface area contributed by atoms with Crippen molar-refractivity contribution in [2.45, 2.75) is 26.2 Å². The molecule has 2 aromatic carbocycles. The van der Waals surface area contributed by atoms with Gasteiger partial charge in [0.2, 0.25) is 11.8 Å². The van der Waals surface area contributed by atoms with Gasteiger partial charge in [-0.1, -0.05) is 31.2 Å². The van der Waals surface area contributed by atoms with Gasteiger partial charge in [0.1, 0.15) is 0 Å². The Hall–Kier alpha value is -2.95. The second kappa shape index (κ2) is 7.30. The highest BCUT2D eigenvalue weighted by Gasteiger charge is 2.30. The minimum Gasteiger partial charge on any atom is -0.322 e. The molecule has 1 aliphatic rings. The Morgan fingerprint density at radius 1 is 1.04 bits per heavy atom. The van der Waals surface area contributed by atoms with E-state index in [2.05, 4.69) is 17.6 Å². The van der Waals surface area contributed by atoms with Crippen LogP contribution in [0.4, 0.5) is 5.69 Å². The number of anilines is 1. The molecular formula is C20H20N2O3.